The number of hydrogen-bond donors (Lipinski definition) is 3. The molecule has 104 valence electrons. The van der Waals surface area contributed by atoms with Crippen molar-refractivity contribution in [2.45, 2.75) is 19.1 Å². The molecule has 1 aromatic carbocycles. The quantitative estimate of drug-likeness (QED) is 0.784. The van der Waals surface area contributed by atoms with Gasteiger partial charge in [0, 0.05) is 5.69 Å². The number of hydrogen-bond acceptors (Lipinski definition) is 2. The predicted molar refractivity (Wildman–Crippen MR) is 62.3 cm³/mol. The minimum Gasteiger partial charge on any atom is -0.368 e. The number of benzene rings is 1. The zero-order chi connectivity index (χ0) is 14.6. The van der Waals surface area contributed by atoms with Crippen LogP contribution in [0.4, 0.5) is 23.7 Å². The van der Waals surface area contributed by atoms with Crippen LogP contribution in [-0.2, 0) is 11.0 Å². The lowest BCUT2D eigenvalue weighted by molar-refractivity contribution is -0.137. The molecule has 5 nitrogen and oxygen atoms in total. The summed E-state index contributed by atoms with van der Waals surface area (Å²) in [7, 11) is 0. The number of alkyl halides is 3. The fourth-order valence-electron chi connectivity index (χ4n) is 1.21. The second-order valence-electron chi connectivity index (χ2n) is 3.80. The SMILES string of the molecule is CC(NC(=O)Nc1cccc(C(F)(F)F)c1)C(N)=O. The number of urea groups is 1. The van der Waals surface area contributed by atoms with Gasteiger partial charge in [0.1, 0.15) is 6.04 Å². The van der Waals surface area contributed by atoms with Crippen molar-refractivity contribution < 1.29 is 22.8 Å². The number of anilines is 1. The molecule has 1 rings (SSSR count). The normalized spacial score (nSPS) is 12.6. The summed E-state index contributed by atoms with van der Waals surface area (Å²) >= 11 is 0. The van der Waals surface area contributed by atoms with E-state index in [0.717, 1.165) is 18.2 Å². The molecular weight excluding hydrogens is 263 g/mol. The Morgan fingerprint density at radius 2 is 1.95 bits per heavy atom. The van der Waals surface area contributed by atoms with Crippen LogP contribution in [0.15, 0.2) is 24.3 Å². The molecule has 0 aliphatic heterocycles. The predicted octanol–water partition coefficient (Wildman–Crippen LogP) is 1.70. The van der Waals surface area contributed by atoms with Crippen LogP contribution in [0.25, 0.3) is 0 Å². The molecule has 0 fully saturated rings. The van der Waals surface area contributed by atoms with E-state index in [1.807, 2.05) is 0 Å². The molecule has 0 bridgehead atoms. The van der Waals surface area contributed by atoms with Gasteiger partial charge < -0.3 is 16.4 Å². The highest BCUT2D eigenvalue weighted by Crippen LogP contribution is 2.30. The van der Waals surface area contributed by atoms with Crippen LogP contribution in [0.5, 0.6) is 0 Å². The minimum absolute atomic E-state index is 0.0380. The molecule has 1 aromatic rings. The average Bonchev–Trinajstić information content (AvgIpc) is 2.27. The third-order valence-corrected chi connectivity index (χ3v) is 2.22. The van der Waals surface area contributed by atoms with Gasteiger partial charge >= 0.3 is 12.2 Å². The van der Waals surface area contributed by atoms with E-state index < -0.39 is 29.7 Å². The first-order valence-corrected chi connectivity index (χ1v) is 5.24. The Bertz CT molecular complexity index is 488. The molecule has 0 saturated heterocycles. The van der Waals surface area contributed by atoms with Gasteiger partial charge in [-0.25, -0.2) is 4.79 Å². The smallest absolute Gasteiger partial charge is 0.368 e. The zero-order valence-corrected chi connectivity index (χ0v) is 9.91. The number of halogens is 3. The fraction of sp³-hybridized carbons (Fsp3) is 0.273. The van der Waals surface area contributed by atoms with Crippen LogP contribution in [0.3, 0.4) is 0 Å². The lowest BCUT2D eigenvalue weighted by Gasteiger charge is -2.12. The minimum atomic E-state index is -4.49. The van der Waals surface area contributed by atoms with E-state index in [1.165, 1.54) is 13.0 Å². The monoisotopic (exact) mass is 275 g/mol. The highest BCUT2D eigenvalue weighted by atomic mass is 19.4. The molecule has 0 saturated carbocycles. The molecule has 0 aliphatic carbocycles. The Hall–Kier alpha value is -2.25. The summed E-state index contributed by atoms with van der Waals surface area (Å²) in [5, 5.41) is 4.36. The summed E-state index contributed by atoms with van der Waals surface area (Å²) in [5.74, 6) is -0.751. The molecule has 0 aliphatic rings. The van der Waals surface area contributed by atoms with Crippen molar-refractivity contribution in [1.29, 1.82) is 0 Å². The molecule has 0 aromatic heterocycles. The van der Waals surface area contributed by atoms with Crippen molar-refractivity contribution in [2.75, 3.05) is 5.32 Å². The highest BCUT2D eigenvalue weighted by Gasteiger charge is 2.30. The van der Waals surface area contributed by atoms with Gasteiger partial charge in [-0.15, -0.1) is 0 Å². The van der Waals surface area contributed by atoms with Gasteiger partial charge in [-0.1, -0.05) is 6.07 Å². The van der Waals surface area contributed by atoms with Crippen LogP contribution in [0.2, 0.25) is 0 Å². The number of carbonyl (C=O) groups excluding carboxylic acids is 2. The molecule has 8 heteroatoms. The largest absolute Gasteiger partial charge is 0.416 e. The maximum Gasteiger partial charge on any atom is 0.416 e. The fourth-order valence-corrected chi connectivity index (χ4v) is 1.21. The summed E-state index contributed by atoms with van der Waals surface area (Å²) < 4.78 is 37.3. The van der Waals surface area contributed by atoms with Crippen molar-refractivity contribution in [3.05, 3.63) is 29.8 Å². The van der Waals surface area contributed by atoms with Gasteiger partial charge in [-0.3, -0.25) is 4.79 Å². The number of primary amides is 1. The first-order valence-electron chi connectivity index (χ1n) is 5.24. The number of nitrogens with one attached hydrogen (secondary N) is 2. The van der Waals surface area contributed by atoms with Crippen LogP contribution in [0, 0.1) is 0 Å². The Kier molecular flexibility index (Phi) is 4.36. The van der Waals surface area contributed by atoms with E-state index in [-0.39, 0.29) is 5.69 Å². The Morgan fingerprint density at radius 3 is 2.47 bits per heavy atom. The van der Waals surface area contributed by atoms with Crippen LogP contribution in [0.1, 0.15) is 12.5 Å². The second kappa shape index (κ2) is 5.59. The van der Waals surface area contributed by atoms with Gasteiger partial charge in [-0.05, 0) is 25.1 Å². The first-order chi connectivity index (χ1) is 8.70. The Morgan fingerprint density at radius 1 is 1.32 bits per heavy atom. The van der Waals surface area contributed by atoms with Crippen molar-refractivity contribution >= 4 is 17.6 Å². The van der Waals surface area contributed by atoms with Gasteiger partial charge in [0.05, 0.1) is 5.56 Å². The van der Waals surface area contributed by atoms with Gasteiger partial charge in [0.25, 0.3) is 0 Å². The molecule has 1 atom stereocenters. The third-order valence-electron chi connectivity index (χ3n) is 2.22. The van der Waals surface area contributed by atoms with E-state index >= 15 is 0 Å². The van der Waals surface area contributed by atoms with Crippen molar-refractivity contribution in [2.24, 2.45) is 5.73 Å². The lowest BCUT2D eigenvalue weighted by atomic mass is 10.2. The highest BCUT2D eigenvalue weighted by molar-refractivity contribution is 5.93. The molecule has 19 heavy (non-hydrogen) atoms. The second-order valence-corrected chi connectivity index (χ2v) is 3.80. The average molecular weight is 275 g/mol. The molecule has 0 radical (unpaired) electrons. The maximum absolute atomic E-state index is 12.4. The zero-order valence-electron chi connectivity index (χ0n) is 9.91. The van der Waals surface area contributed by atoms with Gasteiger partial charge in [0.15, 0.2) is 0 Å². The molecule has 0 spiro atoms. The van der Waals surface area contributed by atoms with Crippen LogP contribution < -0.4 is 16.4 Å². The summed E-state index contributed by atoms with van der Waals surface area (Å²) in [5.41, 5.74) is 4.01. The number of rotatable bonds is 3. The van der Waals surface area contributed by atoms with E-state index in [2.05, 4.69) is 10.6 Å². The summed E-state index contributed by atoms with van der Waals surface area (Å²) in [6, 6.07) is 2.39. The number of carbonyl (C=O) groups is 2. The molecule has 4 N–H and O–H groups in total. The van der Waals surface area contributed by atoms with Gasteiger partial charge in [-0.2, -0.15) is 13.2 Å². The number of amides is 3. The van der Waals surface area contributed by atoms with Crippen LogP contribution >= 0.6 is 0 Å². The van der Waals surface area contributed by atoms with Crippen molar-refractivity contribution in [1.82, 2.24) is 5.32 Å². The molecule has 1 unspecified atom stereocenters. The van der Waals surface area contributed by atoms with Crippen molar-refractivity contribution in [3.8, 4) is 0 Å². The first kappa shape index (κ1) is 14.8. The summed E-state index contributed by atoms with van der Waals surface area (Å²) in [6.07, 6.45) is -4.49. The lowest BCUT2D eigenvalue weighted by Crippen LogP contribution is -2.44. The summed E-state index contributed by atoms with van der Waals surface area (Å²) in [4.78, 5) is 22.1. The van der Waals surface area contributed by atoms with E-state index in [1.54, 1.807) is 0 Å². The van der Waals surface area contributed by atoms with E-state index in [9.17, 15) is 22.8 Å². The van der Waals surface area contributed by atoms with E-state index in [4.69, 9.17) is 5.73 Å². The Balaban J connectivity index is 2.73. The third kappa shape index (κ3) is 4.49. The Labute approximate surface area is 107 Å². The molecule has 0 heterocycles. The van der Waals surface area contributed by atoms with E-state index in [0.29, 0.717) is 0 Å². The topological polar surface area (TPSA) is 84.2 Å². The molecular formula is C11H12F3N3O2. The van der Waals surface area contributed by atoms with Gasteiger partial charge in [0.2, 0.25) is 5.91 Å². The molecule has 3 amide bonds. The van der Waals surface area contributed by atoms with Crippen molar-refractivity contribution in [3.63, 3.8) is 0 Å². The standard InChI is InChI=1S/C11H12F3N3O2/c1-6(9(15)18)16-10(19)17-8-4-2-3-7(5-8)11(12,13)14/h2-6H,1H3,(H2,15,18)(H2,16,17,19). The summed E-state index contributed by atoms with van der Waals surface area (Å²) in [6.45, 7) is 1.36. The van der Waals surface area contributed by atoms with Crippen LogP contribution in [-0.4, -0.2) is 18.0 Å². The maximum atomic E-state index is 12.4. The number of nitrogens with two attached hydrogens (primary N) is 1.